The number of Topliss-reactive ketones (excluding diaryl/α,β-unsaturated/α-hetero) is 2. The predicted molar refractivity (Wildman–Crippen MR) is 146 cm³/mol. The maximum atomic E-state index is 13.8. The standard InChI is InChI=1S/C30H34O14/c1-11-7-17(33)29(41)25(39)19-15(43-27(29,9-31)23(11)37)5-3-13(21(19)35)14-4-6-16-20(22(14)36)26(40)30(42)18(34)8-12(2)24(38)28(30,10-32)44-16/h3-6,11-12,17-18,23-24,31-38,41-42H,7-10H2,1-2H3/t11-,12-,17-,18-,23-,24-,27-,28-,29-,30-/m0/s1. The van der Waals surface area contributed by atoms with Gasteiger partial charge in [0.2, 0.25) is 11.6 Å². The number of ketones is 2. The summed E-state index contributed by atoms with van der Waals surface area (Å²) in [6.07, 6.45) is -7.29. The molecule has 0 saturated heterocycles. The third-order valence-corrected chi connectivity index (χ3v) is 10.2. The van der Waals surface area contributed by atoms with Crippen LogP contribution in [-0.2, 0) is 0 Å². The minimum atomic E-state index is -2.88. The van der Waals surface area contributed by atoms with Gasteiger partial charge in [0.15, 0.2) is 22.4 Å². The van der Waals surface area contributed by atoms with Crippen LogP contribution in [0, 0.1) is 11.8 Å². The number of fused-ring (bicyclic) bond motifs is 4. The van der Waals surface area contributed by atoms with Crippen LogP contribution in [0.4, 0.5) is 0 Å². The van der Waals surface area contributed by atoms with Crippen LogP contribution in [0.25, 0.3) is 11.1 Å². The fourth-order valence-electron chi connectivity index (χ4n) is 7.66. The highest BCUT2D eigenvalue weighted by Crippen LogP contribution is 2.56. The molecular weight excluding hydrogens is 584 g/mol. The number of carbonyl (C=O) groups excluding carboxylic acids is 2. The Morgan fingerprint density at radius 1 is 0.682 bits per heavy atom. The zero-order valence-electron chi connectivity index (χ0n) is 23.7. The van der Waals surface area contributed by atoms with Gasteiger partial charge < -0.3 is 60.5 Å². The van der Waals surface area contributed by atoms with Crippen LogP contribution < -0.4 is 9.47 Å². The lowest BCUT2D eigenvalue weighted by molar-refractivity contribution is -0.255. The topological polar surface area (TPSA) is 255 Å². The minimum Gasteiger partial charge on any atom is -0.506 e. The van der Waals surface area contributed by atoms with Gasteiger partial charge >= 0.3 is 0 Å². The van der Waals surface area contributed by atoms with Crippen molar-refractivity contribution in [3.05, 3.63) is 35.4 Å². The fourth-order valence-corrected chi connectivity index (χ4v) is 7.66. The SMILES string of the molecule is C[C@H]1C[C@H](O)[C@]2(O)C(=O)c3c(ccc(-c4ccc5c(c4O)C(=O)[C@@]4(O)[C@@H](O)C[C@H](C)[C@H](O)[C@]4(CO)O5)c3O)O[C@@]2(CO)[C@H]1O. The highest BCUT2D eigenvalue weighted by atomic mass is 16.6. The molecule has 2 aliphatic heterocycles. The normalized spacial score (nSPS) is 41.0. The fraction of sp³-hybridized carbons (Fsp3) is 0.533. The van der Waals surface area contributed by atoms with Gasteiger partial charge in [0, 0.05) is 11.1 Å². The van der Waals surface area contributed by atoms with E-state index in [2.05, 4.69) is 0 Å². The Bertz CT molecular complexity index is 1460. The maximum Gasteiger partial charge on any atom is 0.208 e. The van der Waals surface area contributed by atoms with Gasteiger partial charge in [-0.05, 0) is 48.9 Å². The Kier molecular flexibility index (Phi) is 6.68. The molecule has 10 N–H and O–H groups in total. The molecular formula is C30H34O14. The monoisotopic (exact) mass is 618 g/mol. The lowest BCUT2D eigenvalue weighted by Crippen LogP contribution is -2.79. The van der Waals surface area contributed by atoms with Crippen molar-refractivity contribution in [1.29, 1.82) is 0 Å². The van der Waals surface area contributed by atoms with Crippen LogP contribution in [0.2, 0.25) is 0 Å². The van der Waals surface area contributed by atoms with E-state index in [1.807, 2.05) is 0 Å². The summed E-state index contributed by atoms with van der Waals surface area (Å²) >= 11 is 0. The molecule has 2 heterocycles. The summed E-state index contributed by atoms with van der Waals surface area (Å²) in [4.78, 5) is 27.6. The molecule has 4 aliphatic rings. The highest BCUT2D eigenvalue weighted by molar-refractivity contribution is 6.13. The van der Waals surface area contributed by atoms with Crippen LogP contribution in [0.3, 0.4) is 0 Å². The van der Waals surface area contributed by atoms with E-state index in [0.29, 0.717) is 0 Å². The van der Waals surface area contributed by atoms with Crippen molar-refractivity contribution in [3.8, 4) is 34.1 Å². The summed E-state index contributed by atoms with van der Waals surface area (Å²) in [5.41, 5.74) is -12.3. The molecule has 238 valence electrons. The van der Waals surface area contributed by atoms with Crippen molar-refractivity contribution in [2.75, 3.05) is 13.2 Å². The largest absolute Gasteiger partial charge is 0.506 e. The Labute approximate surface area is 250 Å². The van der Waals surface area contributed by atoms with E-state index in [1.165, 1.54) is 38.1 Å². The number of carbonyl (C=O) groups is 2. The number of ether oxygens (including phenoxy) is 2. The van der Waals surface area contributed by atoms with E-state index in [0.717, 1.165) is 0 Å². The number of phenols is 2. The van der Waals surface area contributed by atoms with Gasteiger partial charge in [-0.2, -0.15) is 0 Å². The first kappa shape index (κ1) is 30.7. The molecule has 0 unspecified atom stereocenters. The molecule has 2 aromatic carbocycles. The number of hydrogen-bond acceptors (Lipinski definition) is 14. The first-order chi connectivity index (χ1) is 20.6. The Hall–Kier alpha value is -3.34. The van der Waals surface area contributed by atoms with Crippen molar-refractivity contribution >= 4 is 11.6 Å². The summed E-state index contributed by atoms with van der Waals surface area (Å²) in [7, 11) is 0. The minimum absolute atomic E-state index is 0.240. The number of benzene rings is 2. The second-order valence-corrected chi connectivity index (χ2v) is 12.5. The Morgan fingerprint density at radius 2 is 1.02 bits per heavy atom. The van der Waals surface area contributed by atoms with E-state index < -0.39 is 106 Å². The van der Waals surface area contributed by atoms with Crippen LogP contribution in [-0.4, -0.2) is 123 Å². The predicted octanol–water partition coefficient (Wildman–Crippen LogP) is -1.64. The average Bonchev–Trinajstić information content (AvgIpc) is 2.98. The maximum absolute atomic E-state index is 13.8. The summed E-state index contributed by atoms with van der Waals surface area (Å²) in [5, 5.41) is 110. The van der Waals surface area contributed by atoms with Crippen molar-refractivity contribution < 1.29 is 70.1 Å². The lowest BCUT2D eigenvalue weighted by atomic mass is 9.60. The van der Waals surface area contributed by atoms with Gasteiger partial charge in [-0.15, -0.1) is 0 Å². The summed E-state index contributed by atoms with van der Waals surface area (Å²) < 4.78 is 11.6. The molecule has 2 saturated carbocycles. The second-order valence-electron chi connectivity index (χ2n) is 12.5. The molecule has 2 aromatic rings. The molecule has 0 amide bonds. The van der Waals surface area contributed by atoms with Gasteiger partial charge in [0.1, 0.15) is 46.3 Å². The number of rotatable bonds is 3. The summed E-state index contributed by atoms with van der Waals surface area (Å²) in [6, 6.07) is 4.72. The van der Waals surface area contributed by atoms with Crippen molar-refractivity contribution in [1.82, 2.24) is 0 Å². The third kappa shape index (κ3) is 3.31. The van der Waals surface area contributed by atoms with Crippen LogP contribution >= 0.6 is 0 Å². The van der Waals surface area contributed by atoms with Crippen LogP contribution in [0.1, 0.15) is 47.4 Å². The number of aliphatic hydroxyl groups is 8. The molecule has 6 rings (SSSR count). The van der Waals surface area contributed by atoms with Crippen molar-refractivity contribution in [2.24, 2.45) is 11.8 Å². The van der Waals surface area contributed by atoms with E-state index >= 15 is 0 Å². The smallest absolute Gasteiger partial charge is 0.208 e. The van der Waals surface area contributed by atoms with Gasteiger partial charge in [0.05, 0.1) is 25.4 Å². The highest BCUT2D eigenvalue weighted by Gasteiger charge is 2.73. The Morgan fingerprint density at radius 3 is 1.34 bits per heavy atom. The zero-order valence-corrected chi connectivity index (χ0v) is 23.7. The number of aliphatic hydroxyl groups excluding tert-OH is 6. The molecule has 14 nitrogen and oxygen atoms in total. The number of aromatic hydroxyl groups is 2. The quantitative estimate of drug-likeness (QED) is 0.185. The molecule has 2 aliphatic carbocycles. The molecule has 10 atom stereocenters. The van der Waals surface area contributed by atoms with Crippen LogP contribution in [0.15, 0.2) is 24.3 Å². The molecule has 14 heteroatoms. The van der Waals surface area contributed by atoms with Gasteiger partial charge in [-0.25, -0.2) is 0 Å². The summed E-state index contributed by atoms with van der Waals surface area (Å²) in [6.45, 7) is 0.941. The van der Waals surface area contributed by atoms with Gasteiger partial charge in [-0.1, -0.05) is 13.8 Å². The number of phenolic OH excluding ortho intramolecular Hbond substituents is 2. The van der Waals surface area contributed by atoms with Gasteiger partial charge in [-0.3, -0.25) is 9.59 Å². The lowest BCUT2D eigenvalue weighted by Gasteiger charge is -2.56. The van der Waals surface area contributed by atoms with Crippen LogP contribution in [0.5, 0.6) is 23.0 Å². The second kappa shape index (κ2) is 9.58. The molecule has 0 aromatic heterocycles. The summed E-state index contributed by atoms with van der Waals surface area (Å²) in [5.74, 6) is -6.31. The average molecular weight is 619 g/mol. The first-order valence-electron chi connectivity index (χ1n) is 14.2. The third-order valence-electron chi connectivity index (χ3n) is 10.2. The molecule has 0 spiro atoms. The van der Waals surface area contributed by atoms with E-state index in [4.69, 9.17) is 9.47 Å². The number of hydrogen-bond donors (Lipinski definition) is 10. The molecule has 0 radical (unpaired) electrons. The molecule has 2 fully saturated rings. The Balaban J connectivity index is 1.51. The van der Waals surface area contributed by atoms with E-state index in [-0.39, 0.29) is 35.5 Å². The van der Waals surface area contributed by atoms with E-state index in [1.54, 1.807) is 0 Å². The molecule has 44 heavy (non-hydrogen) atoms. The molecule has 0 bridgehead atoms. The van der Waals surface area contributed by atoms with Crippen molar-refractivity contribution in [2.45, 2.75) is 73.5 Å². The van der Waals surface area contributed by atoms with Gasteiger partial charge in [0.25, 0.3) is 0 Å². The zero-order chi connectivity index (χ0) is 32.3. The van der Waals surface area contributed by atoms with E-state index in [9.17, 15) is 60.7 Å². The first-order valence-corrected chi connectivity index (χ1v) is 14.2. The van der Waals surface area contributed by atoms with Crippen molar-refractivity contribution in [3.63, 3.8) is 0 Å².